The molecule has 0 heterocycles. The number of hydrogen-bond acceptors (Lipinski definition) is 2. The molecule has 0 aromatic heterocycles. The molecule has 2 nitrogen and oxygen atoms in total. The van der Waals surface area contributed by atoms with Crippen LogP contribution in [0.25, 0.3) is 0 Å². The molecule has 16 heavy (non-hydrogen) atoms. The second-order valence-electron chi connectivity index (χ2n) is 6.41. The Hall–Kier alpha value is -0.123. The maximum Gasteiger partial charge on any atom is 0.192 e. The molecule has 0 aromatic rings. The SMILES string of the molecule is C=C1CCC[C@@H](O[Si](C)(C)C(C)(C)C)[C@@H]1O. The monoisotopic (exact) mass is 242 g/mol. The third-order valence-corrected chi connectivity index (χ3v) is 8.51. The summed E-state index contributed by atoms with van der Waals surface area (Å²) in [5.41, 5.74) is 0.940. The van der Waals surface area contributed by atoms with Crippen molar-refractivity contribution in [3.8, 4) is 0 Å². The molecular weight excluding hydrogens is 216 g/mol. The quantitative estimate of drug-likeness (QED) is 0.593. The Bertz CT molecular complexity index is 266. The number of rotatable bonds is 2. The Morgan fingerprint density at radius 3 is 2.44 bits per heavy atom. The van der Waals surface area contributed by atoms with Gasteiger partial charge in [-0.15, -0.1) is 0 Å². The average Bonchev–Trinajstić information content (AvgIpc) is 2.11. The Morgan fingerprint density at radius 2 is 1.94 bits per heavy atom. The second-order valence-corrected chi connectivity index (χ2v) is 11.2. The fourth-order valence-corrected chi connectivity index (χ4v) is 3.13. The van der Waals surface area contributed by atoms with Crippen LogP contribution >= 0.6 is 0 Å². The van der Waals surface area contributed by atoms with Crippen LogP contribution < -0.4 is 0 Å². The average molecular weight is 242 g/mol. The first kappa shape index (κ1) is 13.9. The van der Waals surface area contributed by atoms with Crippen molar-refractivity contribution in [2.75, 3.05) is 0 Å². The van der Waals surface area contributed by atoms with Crippen LogP contribution in [0.2, 0.25) is 18.1 Å². The van der Waals surface area contributed by atoms with Crippen LogP contribution in [0, 0.1) is 0 Å². The van der Waals surface area contributed by atoms with E-state index in [9.17, 15) is 5.11 Å². The second kappa shape index (κ2) is 4.63. The van der Waals surface area contributed by atoms with Gasteiger partial charge < -0.3 is 9.53 Å². The van der Waals surface area contributed by atoms with Gasteiger partial charge in [-0.05, 0) is 43.0 Å². The zero-order chi connectivity index (χ0) is 12.6. The van der Waals surface area contributed by atoms with Gasteiger partial charge in [0.2, 0.25) is 0 Å². The summed E-state index contributed by atoms with van der Waals surface area (Å²) < 4.78 is 6.25. The maximum atomic E-state index is 10.1. The van der Waals surface area contributed by atoms with Gasteiger partial charge in [0.05, 0.1) is 12.2 Å². The molecule has 0 aromatic carbocycles. The van der Waals surface area contributed by atoms with Crippen LogP contribution in [0.15, 0.2) is 12.2 Å². The van der Waals surface area contributed by atoms with Crippen molar-refractivity contribution in [2.45, 2.75) is 70.4 Å². The van der Waals surface area contributed by atoms with Crippen molar-refractivity contribution in [3.63, 3.8) is 0 Å². The van der Waals surface area contributed by atoms with Crippen LogP contribution in [0.5, 0.6) is 0 Å². The van der Waals surface area contributed by atoms with E-state index in [0.717, 1.165) is 24.8 Å². The third kappa shape index (κ3) is 2.96. The highest BCUT2D eigenvalue weighted by Crippen LogP contribution is 2.39. The summed E-state index contributed by atoms with van der Waals surface area (Å²) in [5.74, 6) is 0. The smallest absolute Gasteiger partial charge is 0.192 e. The molecule has 1 aliphatic carbocycles. The summed E-state index contributed by atoms with van der Waals surface area (Å²) in [5, 5.41) is 10.3. The zero-order valence-corrected chi connectivity index (χ0v) is 12.3. The highest BCUT2D eigenvalue weighted by molar-refractivity contribution is 6.74. The van der Waals surface area contributed by atoms with Crippen molar-refractivity contribution in [2.24, 2.45) is 0 Å². The predicted molar refractivity (Wildman–Crippen MR) is 71.1 cm³/mol. The van der Waals surface area contributed by atoms with Crippen LogP contribution in [0.1, 0.15) is 40.0 Å². The number of hydrogen-bond donors (Lipinski definition) is 1. The molecular formula is C13H26O2Si. The van der Waals surface area contributed by atoms with E-state index in [0.29, 0.717) is 0 Å². The fourth-order valence-electron chi connectivity index (χ4n) is 1.78. The van der Waals surface area contributed by atoms with Crippen molar-refractivity contribution in [1.82, 2.24) is 0 Å². The lowest BCUT2D eigenvalue weighted by Crippen LogP contribution is -2.48. The molecule has 1 fully saturated rings. The minimum atomic E-state index is -1.76. The van der Waals surface area contributed by atoms with E-state index in [2.05, 4.69) is 40.4 Å². The molecule has 1 N–H and O–H groups in total. The highest BCUT2D eigenvalue weighted by atomic mass is 28.4. The molecule has 0 bridgehead atoms. The third-order valence-electron chi connectivity index (χ3n) is 4.01. The van der Waals surface area contributed by atoms with Gasteiger partial charge in [-0.25, -0.2) is 0 Å². The lowest BCUT2D eigenvalue weighted by Gasteiger charge is -2.42. The molecule has 0 spiro atoms. The van der Waals surface area contributed by atoms with E-state index in [4.69, 9.17) is 4.43 Å². The first-order valence-corrected chi connectivity index (χ1v) is 9.09. The molecule has 1 saturated carbocycles. The molecule has 0 unspecified atom stereocenters. The first-order valence-electron chi connectivity index (χ1n) is 6.19. The lowest BCUT2D eigenvalue weighted by molar-refractivity contribution is 0.0298. The van der Waals surface area contributed by atoms with Crippen molar-refractivity contribution in [1.29, 1.82) is 0 Å². The van der Waals surface area contributed by atoms with E-state index < -0.39 is 14.4 Å². The van der Waals surface area contributed by atoms with Gasteiger partial charge in [-0.3, -0.25) is 0 Å². The van der Waals surface area contributed by atoms with E-state index in [-0.39, 0.29) is 11.1 Å². The lowest BCUT2D eigenvalue weighted by atomic mass is 9.91. The van der Waals surface area contributed by atoms with Gasteiger partial charge in [0, 0.05) is 0 Å². The van der Waals surface area contributed by atoms with Crippen molar-refractivity contribution < 1.29 is 9.53 Å². The summed E-state index contributed by atoms with van der Waals surface area (Å²) >= 11 is 0. The summed E-state index contributed by atoms with van der Waals surface area (Å²) in [6.07, 6.45) is 2.52. The van der Waals surface area contributed by atoms with E-state index in [1.54, 1.807) is 0 Å². The van der Waals surface area contributed by atoms with Gasteiger partial charge in [0.1, 0.15) is 0 Å². The molecule has 94 valence electrons. The standard InChI is InChI=1S/C13H26O2Si/c1-10-8-7-9-11(12(10)14)15-16(5,6)13(2,3)4/h11-12,14H,1,7-9H2,2-6H3/t11-,12-/m1/s1. The fraction of sp³-hybridized carbons (Fsp3) is 0.846. The van der Waals surface area contributed by atoms with E-state index in [1.807, 2.05) is 0 Å². The number of aliphatic hydroxyl groups excluding tert-OH is 1. The molecule has 0 saturated heterocycles. The maximum absolute atomic E-state index is 10.1. The van der Waals surface area contributed by atoms with Gasteiger partial charge in [-0.2, -0.15) is 0 Å². The minimum Gasteiger partial charge on any atom is -0.411 e. The van der Waals surface area contributed by atoms with Crippen LogP contribution in [-0.4, -0.2) is 25.6 Å². The van der Waals surface area contributed by atoms with Gasteiger partial charge in [0.25, 0.3) is 0 Å². The Balaban J connectivity index is 2.70. The molecule has 0 aliphatic heterocycles. The van der Waals surface area contributed by atoms with Crippen molar-refractivity contribution in [3.05, 3.63) is 12.2 Å². The molecule has 0 radical (unpaired) electrons. The van der Waals surface area contributed by atoms with E-state index >= 15 is 0 Å². The normalized spacial score (nSPS) is 28.2. The van der Waals surface area contributed by atoms with Gasteiger partial charge in [0.15, 0.2) is 8.32 Å². The van der Waals surface area contributed by atoms with Gasteiger partial charge >= 0.3 is 0 Å². The Morgan fingerprint density at radius 1 is 1.38 bits per heavy atom. The van der Waals surface area contributed by atoms with E-state index in [1.165, 1.54) is 0 Å². The topological polar surface area (TPSA) is 29.5 Å². The summed E-state index contributed by atoms with van der Waals surface area (Å²) in [7, 11) is -1.76. The zero-order valence-electron chi connectivity index (χ0n) is 11.3. The molecule has 1 aliphatic rings. The Labute approximate surface area is 101 Å². The van der Waals surface area contributed by atoms with Gasteiger partial charge in [-0.1, -0.05) is 27.4 Å². The predicted octanol–water partition coefficient (Wildman–Crippen LogP) is 3.48. The molecule has 1 rings (SSSR count). The molecule has 3 heteroatoms. The van der Waals surface area contributed by atoms with Crippen molar-refractivity contribution >= 4 is 8.32 Å². The first-order chi connectivity index (χ1) is 7.15. The Kier molecular flexibility index (Phi) is 4.03. The largest absolute Gasteiger partial charge is 0.411 e. The molecule has 0 amide bonds. The van der Waals surface area contributed by atoms with Crippen LogP contribution in [0.3, 0.4) is 0 Å². The molecule has 2 atom stereocenters. The minimum absolute atomic E-state index is 0.0258. The summed E-state index contributed by atoms with van der Waals surface area (Å²) in [4.78, 5) is 0. The van der Waals surface area contributed by atoms with Crippen LogP contribution in [0.4, 0.5) is 0 Å². The summed E-state index contributed by atoms with van der Waals surface area (Å²) in [6.45, 7) is 15.1. The highest BCUT2D eigenvalue weighted by Gasteiger charge is 2.41. The van der Waals surface area contributed by atoms with Crippen LogP contribution in [-0.2, 0) is 4.43 Å². The number of aliphatic hydroxyl groups is 1. The summed E-state index contributed by atoms with van der Waals surface area (Å²) in [6, 6.07) is 0.